The molecule has 3 heteroatoms. The second kappa shape index (κ2) is 7.93. The molecule has 0 bridgehead atoms. The van der Waals surface area contributed by atoms with Gasteiger partial charge in [-0.15, -0.1) is 0 Å². The van der Waals surface area contributed by atoms with Crippen molar-refractivity contribution in [2.75, 3.05) is 13.2 Å². The third-order valence-electron chi connectivity index (χ3n) is 3.66. The lowest BCUT2D eigenvalue weighted by atomic mass is 10.0. The second-order valence-corrected chi connectivity index (χ2v) is 5.94. The van der Waals surface area contributed by atoms with E-state index in [0.717, 1.165) is 13.2 Å². The molecule has 102 valence electrons. The predicted octanol–water partition coefficient (Wildman–Crippen LogP) is 3.62. The maximum absolute atomic E-state index is 5.68. The van der Waals surface area contributed by atoms with Gasteiger partial charge in [-0.2, -0.15) is 11.3 Å². The van der Waals surface area contributed by atoms with E-state index in [1.807, 2.05) is 0 Å². The quantitative estimate of drug-likeness (QED) is 0.777. The van der Waals surface area contributed by atoms with Gasteiger partial charge in [0.25, 0.3) is 0 Å². The van der Waals surface area contributed by atoms with Gasteiger partial charge in [-0.25, -0.2) is 0 Å². The zero-order valence-electron chi connectivity index (χ0n) is 11.4. The number of thiophene rings is 1. The molecule has 0 radical (unpaired) electrons. The Labute approximate surface area is 115 Å². The largest absolute Gasteiger partial charge is 0.378 e. The van der Waals surface area contributed by atoms with E-state index in [4.69, 9.17) is 4.74 Å². The molecule has 1 fully saturated rings. The number of nitrogens with one attached hydrogen (secondary N) is 1. The number of hydrogen-bond donors (Lipinski definition) is 1. The van der Waals surface area contributed by atoms with E-state index in [1.54, 1.807) is 11.3 Å². The summed E-state index contributed by atoms with van der Waals surface area (Å²) in [5, 5.41) is 8.05. The molecule has 0 aliphatic carbocycles. The van der Waals surface area contributed by atoms with E-state index in [2.05, 4.69) is 29.1 Å². The molecule has 0 spiro atoms. The molecule has 2 atom stereocenters. The fourth-order valence-electron chi connectivity index (χ4n) is 2.72. The molecule has 1 saturated heterocycles. The first kappa shape index (κ1) is 14.0. The summed E-state index contributed by atoms with van der Waals surface area (Å²) in [4.78, 5) is 0. The molecule has 1 N–H and O–H groups in total. The first-order valence-corrected chi connectivity index (χ1v) is 8.19. The first-order chi connectivity index (χ1) is 8.88. The minimum Gasteiger partial charge on any atom is -0.378 e. The van der Waals surface area contributed by atoms with Crippen molar-refractivity contribution in [2.45, 2.75) is 57.6 Å². The summed E-state index contributed by atoms with van der Waals surface area (Å²) in [5.41, 5.74) is 1.48. The molecular formula is C15H25NOS. The summed E-state index contributed by atoms with van der Waals surface area (Å²) in [6.45, 7) is 4.24. The van der Waals surface area contributed by atoms with Crippen LogP contribution >= 0.6 is 11.3 Å². The third kappa shape index (κ3) is 4.71. The summed E-state index contributed by atoms with van der Waals surface area (Å²) in [6, 6.07) is 2.88. The second-order valence-electron chi connectivity index (χ2n) is 5.16. The lowest BCUT2D eigenvalue weighted by molar-refractivity contribution is 0.101. The van der Waals surface area contributed by atoms with Crippen LogP contribution in [0.15, 0.2) is 16.8 Å². The van der Waals surface area contributed by atoms with Crippen molar-refractivity contribution in [1.82, 2.24) is 5.32 Å². The molecule has 1 aliphatic rings. The molecule has 2 rings (SSSR count). The van der Waals surface area contributed by atoms with Crippen LogP contribution in [-0.2, 0) is 11.2 Å². The number of ether oxygens (including phenoxy) is 1. The van der Waals surface area contributed by atoms with Crippen molar-refractivity contribution in [3.8, 4) is 0 Å². The molecule has 2 unspecified atom stereocenters. The molecule has 1 aliphatic heterocycles. The van der Waals surface area contributed by atoms with E-state index in [9.17, 15) is 0 Å². The van der Waals surface area contributed by atoms with Gasteiger partial charge in [0.2, 0.25) is 0 Å². The van der Waals surface area contributed by atoms with Crippen LogP contribution in [0.1, 0.15) is 44.6 Å². The van der Waals surface area contributed by atoms with Crippen molar-refractivity contribution in [1.29, 1.82) is 0 Å². The van der Waals surface area contributed by atoms with Crippen LogP contribution in [0.2, 0.25) is 0 Å². The van der Waals surface area contributed by atoms with E-state index >= 15 is 0 Å². The van der Waals surface area contributed by atoms with Crippen LogP contribution in [0, 0.1) is 0 Å². The Morgan fingerprint density at radius 3 is 3.17 bits per heavy atom. The van der Waals surface area contributed by atoms with Gasteiger partial charge >= 0.3 is 0 Å². The zero-order chi connectivity index (χ0) is 12.6. The van der Waals surface area contributed by atoms with Gasteiger partial charge < -0.3 is 10.1 Å². The molecule has 0 aromatic carbocycles. The van der Waals surface area contributed by atoms with Crippen molar-refractivity contribution >= 4 is 11.3 Å². The predicted molar refractivity (Wildman–Crippen MR) is 78.3 cm³/mol. The molecule has 2 nitrogen and oxygen atoms in total. The average Bonchev–Trinajstić information content (AvgIpc) is 3.02. The van der Waals surface area contributed by atoms with Gasteiger partial charge in [0.15, 0.2) is 0 Å². The SMILES string of the molecule is CCNC(CCCC1CCCO1)Cc1ccsc1. The fourth-order valence-corrected chi connectivity index (χ4v) is 3.40. The molecule has 1 aromatic heterocycles. The van der Waals surface area contributed by atoms with Gasteiger partial charge in [-0.3, -0.25) is 0 Å². The van der Waals surface area contributed by atoms with E-state index < -0.39 is 0 Å². The Bertz CT molecular complexity index is 306. The monoisotopic (exact) mass is 267 g/mol. The number of hydrogen-bond acceptors (Lipinski definition) is 3. The van der Waals surface area contributed by atoms with Gasteiger partial charge in [-0.1, -0.05) is 6.92 Å². The molecule has 18 heavy (non-hydrogen) atoms. The molecule has 0 saturated carbocycles. The lowest BCUT2D eigenvalue weighted by Crippen LogP contribution is -2.31. The third-order valence-corrected chi connectivity index (χ3v) is 4.39. The van der Waals surface area contributed by atoms with E-state index in [1.165, 1.54) is 44.1 Å². The van der Waals surface area contributed by atoms with Crippen LogP contribution < -0.4 is 5.32 Å². The number of likely N-dealkylation sites (N-methyl/N-ethyl adjacent to an activating group) is 1. The summed E-state index contributed by atoms with van der Waals surface area (Å²) < 4.78 is 5.68. The van der Waals surface area contributed by atoms with Gasteiger partial charge in [0.1, 0.15) is 0 Å². The average molecular weight is 267 g/mol. The summed E-state index contributed by atoms with van der Waals surface area (Å²) in [6.07, 6.45) is 8.05. The normalized spacial score (nSPS) is 21.3. The van der Waals surface area contributed by atoms with Gasteiger partial charge in [-0.05, 0) is 67.5 Å². The maximum Gasteiger partial charge on any atom is 0.0576 e. The van der Waals surface area contributed by atoms with Crippen LogP contribution in [-0.4, -0.2) is 25.3 Å². The van der Waals surface area contributed by atoms with E-state index in [0.29, 0.717) is 12.1 Å². The fraction of sp³-hybridized carbons (Fsp3) is 0.733. The molecule has 2 heterocycles. The highest BCUT2D eigenvalue weighted by molar-refractivity contribution is 7.07. The van der Waals surface area contributed by atoms with Crippen molar-refractivity contribution in [3.05, 3.63) is 22.4 Å². The van der Waals surface area contributed by atoms with Crippen LogP contribution in [0.3, 0.4) is 0 Å². The lowest BCUT2D eigenvalue weighted by Gasteiger charge is -2.18. The molecular weight excluding hydrogens is 242 g/mol. The Morgan fingerprint density at radius 2 is 2.50 bits per heavy atom. The first-order valence-electron chi connectivity index (χ1n) is 7.24. The Kier molecular flexibility index (Phi) is 6.18. The van der Waals surface area contributed by atoms with Crippen molar-refractivity contribution < 1.29 is 4.74 Å². The topological polar surface area (TPSA) is 21.3 Å². The molecule has 1 aromatic rings. The number of rotatable bonds is 8. The maximum atomic E-state index is 5.68. The minimum atomic E-state index is 0.549. The summed E-state index contributed by atoms with van der Waals surface area (Å²) in [5.74, 6) is 0. The highest BCUT2D eigenvalue weighted by atomic mass is 32.1. The van der Waals surface area contributed by atoms with Crippen LogP contribution in [0.25, 0.3) is 0 Å². The Hall–Kier alpha value is -0.380. The molecule has 0 amide bonds. The summed E-state index contributed by atoms with van der Waals surface area (Å²) in [7, 11) is 0. The van der Waals surface area contributed by atoms with Gasteiger partial charge in [0, 0.05) is 12.6 Å². The van der Waals surface area contributed by atoms with Crippen LogP contribution in [0.4, 0.5) is 0 Å². The smallest absolute Gasteiger partial charge is 0.0576 e. The van der Waals surface area contributed by atoms with Gasteiger partial charge in [0.05, 0.1) is 6.10 Å². The zero-order valence-corrected chi connectivity index (χ0v) is 12.2. The Morgan fingerprint density at radius 1 is 1.56 bits per heavy atom. The van der Waals surface area contributed by atoms with Crippen molar-refractivity contribution in [3.63, 3.8) is 0 Å². The highest BCUT2D eigenvalue weighted by Crippen LogP contribution is 2.19. The minimum absolute atomic E-state index is 0.549. The van der Waals surface area contributed by atoms with Crippen LogP contribution in [0.5, 0.6) is 0 Å². The highest BCUT2D eigenvalue weighted by Gasteiger charge is 2.16. The van der Waals surface area contributed by atoms with Crippen molar-refractivity contribution in [2.24, 2.45) is 0 Å². The standard InChI is InChI=1S/C15H25NOS/c1-2-16-14(11-13-8-10-18-12-13)5-3-6-15-7-4-9-17-15/h8,10,12,14-16H,2-7,9,11H2,1H3. The summed E-state index contributed by atoms with van der Waals surface area (Å²) >= 11 is 1.80. The van der Waals surface area contributed by atoms with E-state index in [-0.39, 0.29) is 0 Å². The Balaban J connectivity index is 1.68.